The normalized spacial score (nSPS) is 12.4. The Morgan fingerprint density at radius 2 is 2.00 bits per heavy atom. The van der Waals surface area contributed by atoms with Crippen molar-refractivity contribution >= 4 is 34.3 Å². The van der Waals surface area contributed by atoms with Gasteiger partial charge in [0, 0.05) is 28.9 Å². The highest BCUT2D eigenvalue weighted by molar-refractivity contribution is 6.09. The quantitative estimate of drug-likeness (QED) is 0.489. The van der Waals surface area contributed by atoms with Gasteiger partial charge in [0.2, 0.25) is 0 Å². The molecule has 3 aromatic carbocycles. The number of benzene rings is 3. The summed E-state index contributed by atoms with van der Waals surface area (Å²) in [5, 5.41) is 2.95. The van der Waals surface area contributed by atoms with Crippen LogP contribution in [0.15, 0.2) is 71.5 Å². The molecule has 0 unspecified atom stereocenters. The van der Waals surface area contributed by atoms with E-state index in [2.05, 4.69) is 22.1 Å². The van der Waals surface area contributed by atoms with Crippen molar-refractivity contribution in [3.05, 3.63) is 89.3 Å². The molecule has 156 valence electrons. The summed E-state index contributed by atoms with van der Waals surface area (Å²) in [5.41, 5.74) is 5.78. The zero-order chi connectivity index (χ0) is 22.1. The number of aromatic nitrogens is 1. The number of carbonyl (C=O) groups excluding carboxylic acids is 2. The molecule has 0 aliphatic carbocycles. The molecule has 6 nitrogen and oxygen atoms in total. The highest BCUT2D eigenvalue weighted by atomic mass is 16.3. The van der Waals surface area contributed by atoms with Gasteiger partial charge in [-0.3, -0.25) is 14.5 Å². The molecular formula is C26H19N3O3. The summed E-state index contributed by atoms with van der Waals surface area (Å²) in [6.07, 6.45) is 1.94. The van der Waals surface area contributed by atoms with Crippen LogP contribution in [0.4, 0.5) is 11.4 Å². The van der Waals surface area contributed by atoms with Gasteiger partial charge in [-0.2, -0.15) is 0 Å². The standard InChI is InChI=1S/C26H19N3O3/c1-2-3-12-29-23-10-9-20(14-19(23)13-17-6-4-5-7-21(17)26(29)31)28-25(30)18-8-11-24-22(15-18)27-16-32-24/h4-11,14-16H,12-13H2,1H3,(H,28,30). The van der Waals surface area contributed by atoms with Crippen LogP contribution in [0.25, 0.3) is 11.1 Å². The predicted molar refractivity (Wildman–Crippen MR) is 123 cm³/mol. The zero-order valence-corrected chi connectivity index (χ0v) is 17.4. The maximum absolute atomic E-state index is 13.2. The van der Waals surface area contributed by atoms with Crippen molar-refractivity contribution in [3.63, 3.8) is 0 Å². The molecule has 0 saturated heterocycles. The average molecular weight is 421 g/mol. The van der Waals surface area contributed by atoms with E-state index in [1.807, 2.05) is 36.4 Å². The van der Waals surface area contributed by atoms with E-state index in [1.54, 1.807) is 36.1 Å². The molecule has 0 radical (unpaired) electrons. The number of hydrogen-bond acceptors (Lipinski definition) is 4. The minimum absolute atomic E-state index is 0.0696. The Kier molecular flexibility index (Phi) is 4.92. The number of fused-ring (bicyclic) bond motifs is 3. The molecule has 4 aromatic rings. The maximum Gasteiger partial charge on any atom is 0.259 e. The van der Waals surface area contributed by atoms with Crippen molar-refractivity contribution in [1.82, 2.24) is 4.98 Å². The van der Waals surface area contributed by atoms with Crippen molar-refractivity contribution in [1.29, 1.82) is 0 Å². The number of amides is 2. The summed E-state index contributed by atoms with van der Waals surface area (Å²) >= 11 is 0. The van der Waals surface area contributed by atoms with Gasteiger partial charge in [0.25, 0.3) is 11.8 Å². The van der Waals surface area contributed by atoms with Gasteiger partial charge in [0.1, 0.15) is 5.52 Å². The third-order valence-electron chi connectivity index (χ3n) is 5.51. The van der Waals surface area contributed by atoms with Crippen LogP contribution in [-0.2, 0) is 6.42 Å². The Labute approximate surface area is 184 Å². The summed E-state index contributed by atoms with van der Waals surface area (Å²) in [6.45, 7) is 2.06. The fraction of sp³-hybridized carbons (Fsp3) is 0.115. The number of hydrogen-bond donors (Lipinski definition) is 1. The first-order valence-corrected chi connectivity index (χ1v) is 10.2. The second kappa shape index (κ2) is 8.05. The number of nitrogens with one attached hydrogen (secondary N) is 1. The molecule has 32 heavy (non-hydrogen) atoms. The van der Waals surface area contributed by atoms with Gasteiger partial charge < -0.3 is 9.73 Å². The molecule has 6 heteroatoms. The molecule has 0 saturated carbocycles. The first-order valence-electron chi connectivity index (χ1n) is 10.2. The molecule has 1 aromatic heterocycles. The van der Waals surface area contributed by atoms with Crippen molar-refractivity contribution in [2.75, 3.05) is 16.8 Å². The molecule has 0 bridgehead atoms. The minimum atomic E-state index is -0.242. The van der Waals surface area contributed by atoms with E-state index in [9.17, 15) is 9.59 Å². The van der Waals surface area contributed by atoms with E-state index in [1.165, 1.54) is 6.39 Å². The van der Waals surface area contributed by atoms with Crippen LogP contribution in [-0.4, -0.2) is 23.3 Å². The summed E-state index contributed by atoms with van der Waals surface area (Å²) in [5.74, 6) is 5.55. The largest absolute Gasteiger partial charge is 0.443 e. The number of oxazole rings is 1. The molecule has 2 amide bonds. The lowest BCUT2D eigenvalue weighted by atomic mass is 10.00. The van der Waals surface area contributed by atoms with Crippen LogP contribution in [0.3, 0.4) is 0 Å². The molecule has 1 aliphatic heterocycles. The van der Waals surface area contributed by atoms with Crippen molar-refractivity contribution < 1.29 is 14.0 Å². The number of carbonyl (C=O) groups is 2. The molecule has 1 aliphatic rings. The van der Waals surface area contributed by atoms with Gasteiger partial charge >= 0.3 is 0 Å². The third-order valence-corrected chi connectivity index (χ3v) is 5.51. The Balaban J connectivity index is 1.49. The number of anilines is 2. The number of rotatable bonds is 3. The van der Waals surface area contributed by atoms with Gasteiger partial charge in [0.05, 0.1) is 6.54 Å². The lowest BCUT2D eigenvalue weighted by molar-refractivity contribution is 0.0988. The maximum atomic E-state index is 13.2. The van der Waals surface area contributed by atoms with Crippen molar-refractivity contribution in [2.24, 2.45) is 0 Å². The van der Waals surface area contributed by atoms with Gasteiger partial charge in [-0.05, 0) is 60.5 Å². The Morgan fingerprint density at radius 1 is 1.12 bits per heavy atom. The lowest BCUT2D eigenvalue weighted by Crippen LogP contribution is -2.31. The highest BCUT2D eigenvalue weighted by Gasteiger charge is 2.26. The van der Waals surface area contributed by atoms with Crippen LogP contribution in [0, 0.1) is 11.8 Å². The Morgan fingerprint density at radius 3 is 2.88 bits per heavy atom. The molecule has 0 atom stereocenters. The van der Waals surface area contributed by atoms with Crippen LogP contribution in [0.2, 0.25) is 0 Å². The Bertz CT molecular complexity index is 1430. The first-order chi connectivity index (χ1) is 15.6. The van der Waals surface area contributed by atoms with Gasteiger partial charge in [-0.25, -0.2) is 4.98 Å². The minimum Gasteiger partial charge on any atom is -0.443 e. The molecule has 0 fully saturated rings. The topological polar surface area (TPSA) is 75.4 Å². The number of nitrogens with zero attached hydrogens (tertiary/aromatic N) is 2. The van der Waals surface area contributed by atoms with E-state index < -0.39 is 0 Å². The van der Waals surface area contributed by atoms with Crippen molar-refractivity contribution in [2.45, 2.75) is 13.3 Å². The molecule has 5 rings (SSSR count). The Hall–Kier alpha value is -4.37. The summed E-state index contributed by atoms with van der Waals surface area (Å²) < 4.78 is 5.24. The van der Waals surface area contributed by atoms with Crippen LogP contribution < -0.4 is 10.2 Å². The first kappa shape index (κ1) is 19.6. The average Bonchev–Trinajstić information content (AvgIpc) is 3.24. The SMILES string of the molecule is CC#CCN1C(=O)c2ccccc2Cc2cc(NC(=O)c3ccc4ocnc4c3)ccc21. The van der Waals surface area contributed by atoms with Crippen molar-refractivity contribution in [3.8, 4) is 11.8 Å². The van der Waals surface area contributed by atoms with Crippen LogP contribution in [0.5, 0.6) is 0 Å². The molecular weight excluding hydrogens is 402 g/mol. The second-order valence-corrected chi connectivity index (χ2v) is 7.48. The molecule has 0 spiro atoms. The van der Waals surface area contributed by atoms with Gasteiger partial charge in [0.15, 0.2) is 12.0 Å². The van der Waals surface area contributed by atoms with E-state index >= 15 is 0 Å². The second-order valence-electron chi connectivity index (χ2n) is 7.48. The highest BCUT2D eigenvalue weighted by Crippen LogP contribution is 2.32. The fourth-order valence-electron chi connectivity index (χ4n) is 3.93. The zero-order valence-electron chi connectivity index (χ0n) is 17.4. The summed E-state index contributed by atoms with van der Waals surface area (Å²) in [7, 11) is 0. The van der Waals surface area contributed by atoms with E-state index in [-0.39, 0.29) is 11.8 Å². The van der Waals surface area contributed by atoms with E-state index in [4.69, 9.17) is 4.42 Å². The van der Waals surface area contributed by atoms with E-state index in [0.29, 0.717) is 40.9 Å². The summed E-state index contributed by atoms with van der Waals surface area (Å²) in [6, 6.07) is 18.3. The third kappa shape index (κ3) is 3.50. The van der Waals surface area contributed by atoms with Crippen LogP contribution >= 0.6 is 0 Å². The lowest BCUT2D eigenvalue weighted by Gasteiger charge is -2.21. The molecule has 2 heterocycles. The van der Waals surface area contributed by atoms with Gasteiger partial charge in [-0.1, -0.05) is 24.1 Å². The predicted octanol–water partition coefficient (Wildman–Crippen LogP) is 4.65. The fourth-order valence-corrected chi connectivity index (χ4v) is 3.93. The molecule has 1 N–H and O–H groups in total. The van der Waals surface area contributed by atoms with Crippen LogP contribution in [0.1, 0.15) is 38.8 Å². The van der Waals surface area contributed by atoms with E-state index in [0.717, 1.165) is 16.8 Å². The monoisotopic (exact) mass is 421 g/mol. The summed E-state index contributed by atoms with van der Waals surface area (Å²) in [4.78, 5) is 31.8. The van der Waals surface area contributed by atoms with Gasteiger partial charge in [-0.15, -0.1) is 5.92 Å². The smallest absolute Gasteiger partial charge is 0.259 e.